The van der Waals surface area contributed by atoms with Gasteiger partial charge >= 0.3 is 0 Å². The molecule has 4 rings (SSSR count). The summed E-state index contributed by atoms with van der Waals surface area (Å²) in [6.45, 7) is 10.8. The molecule has 1 aliphatic rings. The molecule has 1 aromatic carbocycles. The van der Waals surface area contributed by atoms with Crippen LogP contribution in [0, 0.1) is 0 Å². The van der Waals surface area contributed by atoms with Crippen molar-refractivity contribution in [2.24, 2.45) is 0 Å². The first-order valence-electron chi connectivity index (χ1n) is 10.5. The maximum absolute atomic E-state index is 13.3. The molecule has 0 bridgehead atoms. The van der Waals surface area contributed by atoms with Gasteiger partial charge in [-0.15, -0.1) is 0 Å². The third kappa shape index (κ3) is 4.08. The number of carbonyl (C=O) groups is 1. The van der Waals surface area contributed by atoms with Gasteiger partial charge in [-0.3, -0.25) is 9.69 Å². The van der Waals surface area contributed by atoms with E-state index in [1.165, 1.54) is 0 Å². The molecule has 3 heterocycles. The van der Waals surface area contributed by atoms with Crippen LogP contribution in [0.5, 0.6) is 0 Å². The van der Waals surface area contributed by atoms with Crippen molar-refractivity contribution in [3.8, 4) is 11.3 Å². The van der Waals surface area contributed by atoms with Crippen LogP contribution in [0.4, 0.5) is 0 Å². The molecular weight excluding hydrogens is 378 g/mol. The van der Waals surface area contributed by atoms with Gasteiger partial charge in [-0.25, -0.2) is 9.67 Å². The molecule has 0 unspecified atom stereocenters. The molecule has 158 valence electrons. The van der Waals surface area contributed by atoms with Gasteiger partial charge in [-0.1, -0.05) is 30.3 Å². The van der Waals surface area contributed by atoms with E-state index in [9.17, 15) is 4.79 Å². The minimum absolute atomic E-state index is 0.100. The van der Waals surface area contributed by atoms with Crippen molar-refractivity contribution >= 4 is 16.9 Å². The molecule has 1 amide bonds. The molecule has 30 heavy (non-hydrogen) atoms. The first-order chi connectivity index (χ1) is 14.5. The van der Waals surface area contributed by atoms with Crippen LogP contribution in [0.1, 0.15) is 31.1 Å². The molecule has 0 aliphatic carbocycles. The van der Waals surface area contributed by atoms with Crippen LogP contribution in [-0.2, 0) is 11.3 Å². The minimum Gasteiger partial charge on any atom is -0.379 e. The average molecular weight is 408 g/mol. The van der Waals surface area contributed by atoms with Gasteiger partial charge in [-0.05, 0) is 26.8 Å². The van der Waals surface area contributed by atoms with E-state index in [2.05, 4.69) is 29.2 Å². The normalized spacial score (nSPS) is 15.4. The zero-order valence-corrected chi connectivity index (χ0v) is 17.9. The topological polar surface area (TPSA) is 72.3 Å². The number of ether oxygens (including phenoxy) is 1. The summed E-state index contributed by atoms with van der Waals surface area (Å²) < 4.78 is 7.29. The number of hydrogen-bond donors (Lipinski definition) is 1. The highest BCUT2D eigenvalue weighted by Crippen LogP contribution is 2.25. The molecule has 1 saturated heterocycles. The van der Waals surface area contributed by atoms with Crippen molar-refractivity contribution in [1.29, 1.82) is 0 Å². The fraction of sp³-hybridized carbons (Fsp3) is 0.435. The molecule has 0 atom stereocenters. The number of amides is 1. The third-order valence-electron chi connectivity index (χ3n) is 5.77. The van der Waals surface area contributed by atoms with Gasteiger partial charge in [0.1, 0.15) is 0 Å². The van der Waals surface area contributed by atoms with Crippen LogP contribution in [0.2, 0.25) is 0 Å². The molecule has 1 fully saturated rings. The van der Waals surface area contributed by atoms with Crippen LogP contribution in [0.25, 0.3) is 22.3 Å². The number of morpholine rings is 1. The molecule has 7 heteroatoms. The van der Waals surface area contributed by atoms with Crippen LogP contribution >= 0.6 is 0 Å². The summed E-state index contributed by atoms with van der Waals surface area (Å²) in [7, 11) is 0. The summed E-state index contributed by atoms with van der Waals surface area (Å²) in [5, 5.41) is 8.35. The van der Waals surface area contributed by atoms with E-state index in [0.717, 1.165) is 48.6 Å². The molecule has 1 aliphatic heterocycles. The monoisotopic (exact) mass is 407 g/mol. The van der Waals surface area contributed by atoms with Crippen molar-refractivity contribution in [3.05, 3.63) is 48.2 Å². The smallest absolute Gasteiger partial charge is 0.252 e. The standard InChI is InChI=1S/C23H29N5O2/c1-4-28-21-19(15-25-28)18(14-20(26-21)17-8-6-5-7-9-17)22(29)24-16-23(2,3)27-10-12-30-13-11-27/h5-9,14-15H,4,10-13,16H2,1-3H3,(H,24,29). The van der Waals surface area contributed by atoms with Crippen molar-refractivity contribution in [1.82, 2.24) is 25.0 Å². The Morgan fingerprint density at radius 3 is 2.63 bits per heavy atom. The highest BCUT2D eigenvalue weighted by Gasteiger charge is 2.29. The third-order valence-corrected chi connectivity index (χ3v) is 5.77. The summed E-state index contributed by atoms with van der Waals surface area (Å²) in [5.41, 5.74) is 2.94. The van der Waals surface area contributed by atoms with Crippen LogP contribution in [0.3, 0.4) is 0 Å². The summed E-state index contributed by atoms with van der Waals surface area (Å²) in [6, 6.07) is 11.8. The lowest BCUT2D eigenvalue weighted by molar-refractivity contribution is -0.00922. The number of benzene rings is 1. The van der Waals surface area contributed by atoms with Gasteiger partial charge in [0, 0.05) is 37.3 Å². The number of rotatable bonds is 6. The molecule has 3 aromatic rings. The number of fused-ring (bicyclic) bond motifs is 1. The minimum atomic E-state index is -0.151. The maximum atomic E-state index is 13.3. The second kappa shape index (κ2) is 8.53. The average Bonchev–Trinajstić information content (AvgIpc) is 3.21. The summed E-state index contributed by atoms with van der Waals surface area (Å²) >= 11 is 0. The second-order valence-corrected chi connectivity index (χ2v) is 8.21. The number of nitrogens with zero attached hydrogens (tertiary/aromatic N) is 4. The van der Waals surface area contributed by atoms with E-state index in [4.69, 9.17) is 9.72 Å². The van der Waals surface area contributed by atoms with Crippen LogP contribution in [0.15, 0.2) is 42.6 Å². The first kappa shape index (κ1) is 20.5. The number of pyridine rings is 1. The Labute approximate surface area is 177 Å². The highest BCUT2D eigenvalue weighted by atomic mass is 16.5. The number of hydrogen-bond acceptors (Lipinski definition) is 5. The number of nitrogens with one attached hydrogen (secondary N) is 1. The van der Waals surface area contributed by atoms with Crippen molar-refractivity contribution in [2.75, 3.05) is 32.8 Å². The van der Waals surface area contributed by atoms with Crippen molar-refractivity contribution in [2.45, 2.75) is 32.9 Å². The molecule has 1 N–H and O–H groups in total. The Morgan fingerprint density at radius 2 is 1.93 bits per heavy atom. The van der Waals surface area contributed by atoms with Gasteiger partial charge in [-0.2, -0.15) is 5.10 Å². The number of aromatic nitrogens is 3. The van der Waals surface area contributed by atoms with E-state index in [-0.39, 0.29) is 11.4 Å². The largest absolute Gasteiger partial charge is 0.379 e. The SMILES string of the molecule is CCn1ncc2c(C(=O)NCC(C)(C)N3CCOCC3)cc(-c3ccccc3)nc21. The number of carbonyl (C=O) groups excluding carboxylic acids is 1. The molecule has 0 radical (unpaired) electrons. The summed E-state index contributed by atoms with van der Waals surface area (Å²) in [4.78, 5) is 20.4. The lowest BCUT2D eigenvalue weighted by Gasteiger charge is -2.40. The van der Waals surface area contributed by atoms with E-state index >= 15 is 0 Å². The number of aryl methyl sites for hydroxylation is 1. The van der Waals surface area contributed by atoms with Gasteiger partial charge in [0.05, 0.1) is 36.1 Å². The van der Waals surface area contributed by atoms with Crippen LogP contribution < -0.4 is 5.32 Å². The van der Waals surface area contributed by atoms with Crippen molar-refractivity contribution in [3.63, 3.8) is 0 Å². The van der Waals surface area contributed by atoms with E-state index < -0.39 is 0 Å². The fourth-order valence-corrected chi connectivity index (χ4v) is 3.90. The molecular formula is C23H29N5O2. The summed E-state index contributed by atoms with van der Waals surface area (Å²) in [5.74, 6) is -0.100. The van der Waals surface area contributed by atoms with E-state index in [1.807, 2.05) is 48.0 Å². The predicted molar refractivity (Wildman–Crippen MR) is 117 cm³/mol. The van der Waals surface area contributed by atoms with Gasteiger partial charge in [0.25, 0.3) is 5.91 Å². The first-order valence-corrected chi connectivity index (χ1v) is 10.5. The van der Waals surface area contributed by atoms with E-state index in [0.29, 0.717) is 18.7 Å². The lowest BCUT2D eigenvalue weighted by Crippen LogP contribution is -2.55. The lowest BCUT2D eigenvalue weighted by atomic mass is 10.0. The van der Waals surface area contributed by atoms with Crippen LogP contribution in [-0.4, -0.2) is 64.0 Å². The zero-order chi connectivity index (χ0) is 21.1. The Balaban J connectivity index is 1.63. The molecule has 0 saturated carbocycles. The Morgan fingerprint density at radius 1 is 1.20 bits per heavy atom. The molecule has 7 nitrogen and oxygen atoms in total. The van der Waals surface area contributed by atoms with Gasteiger partial charge in [0.15, 0.2) is 5.65 Å². The Hall–Kier alpha value is -2.77. The second-order valence-electron chi connectivity index (χ2n) is 8.21. The predicted octanol–water partition coefficient (Wildman–Crippen LogP) is 2.96. The van der Waals surface area contributed by atoms with Gasteiger partial charge < -0.3 is 10.1 Å². The van der Waals surface area contributed by atoms with E-state index in [1.54, 1.807) is 6.20 Å². The zero-order valence-electron chi connectivity index (χ0n) is 17.9. The maximum Gasteiger partial charge on any atom is 0.252 e. The molecule has 0 spiro atoms. The quantitative estimate of drug-likeness (QED) is 0.680. The fourth-order valence-electron chi connectivity index (χ4n) is 3.90. The van der Waals surface area contributed by atoms with Gasteiger partial charge in [0.2, 0.25) is 0 Å². The Bertz CT molecular complexity index is 1020. The highest BCUT2D eigenvalue weighted by molar-refractivity contribution is 6.06. The Kier molecular flexibility index (Phi) is 5.83. The summed E-state index contributed by atoms with van der Waals surface area (Å²) in [6.07, 6.45) is 1.74. The van der Waals surface area contributed by atoms with Crippen molar-refractivity contribution < 1.29 is 9.53 Å². The molecule has 2 aromatic heterocycles.